The van der Waals surface area contributed by atoms with Crippen molar-refractivity contribution in [1.82, 2.24) is 0 Å². The maximum absolute atomic E-state index is 14.7. The van der Waals surface area contributed by atoms with Crippen molar-refractivity contribution in [3.05, 3.63) is 41.0 Å². The molecule has 2 aromatic rings. The Labute approximate surface area is 173 Å². The van der Waals surface area contributed by atoms with Crippen LogP contribution < -0.4 is 23.7 Å². The van der Waals surface area contributed by atoms with Gasteiger partial charge in [0.15, 0.2) is 17.3 Å². The van der Waals surface area contributed by atoms with Crippen molar-refractivity contribution in [2.45, 2.75) is 44.1 Å². The van der Waals surface area contributed by atoms with E-state index in [4.69, 9.17) is 23.7 Å². The van der Waals surface area contributed by atoms with Crippen LogP contribution in [0.1, 0.15) is 41.3 Å². The number of ether oxygens (including phenoxy) is 5. The first kappa shape index (κ1) is 19.0. The molecule has 2 aromatic carbocycles. The number of carbonyl (C=O) groups is 1. The fourth-order valence-corrected chi connectivity index (χ4v) is 4.44. The summed E-state index contributed by atoms with van der Waals surface area (Å²) in [5, 5.41) is 0. The number of ketones is 1. The lowest BCUT2D eigenvalue weighted by molar-refractivity contribution is 0.00279. The summed E-state index contributed by atoms with van der Waals surface area (Å²) in [6.07, 6.45) is -1.58. The van der Waals surface area contributed by atoms with Crippen molar-refractivity contribution in [2.24, 2.45) is 0 Å². The zero-order chi connectivity index (χ0) is 21.2. The molecule has 0 aliphatic carbocycles. The van der Waals surface area contributed by atoms with E-state index in [0.717, 1.165) is 0 Å². The smallest absolute Gasteiger partial charge is 0.178 e. The van der Waals surface area contributed by atoms with E-state index in [1.165, 1.54) is 0 Å². The molecule has 30 heavy (non-hydrogen) atoms. The Hall–Kier alpha value is -2.96. The van der Waals surface area contributed by atoms with Crippen LogP contribution in [-0.4, -0.2) is 44.5 Å². The number of benzene rings is 2. The molecule has 3 aliphatic heterocycles. The van der Waals surface area contributed by atoms with Crippen molar-refractivity contribution in [3.8, 4) is 28.7 Å². The first-order valence-electron chi connectivity index (χ1n) is 9.92. The second-order valence-corrected chi connectivity index (χ2v) is 8.35. The number of alkyl halides is 1. The summed E-state index contributed by atoms with van der Waals surface area (Å²) in [6.45, 7) is 3.64. The highest BCUT2D eigenvalue weighted by Gasteiger charge is 2.46. The average Bonchev–Trinajstić information content (AvgIpc) is 2.73. The monoisotopic (exact) mass is 413 g/mol. The lowest BCUT2D eigenvalue weighted by Crippen LogP contribution is -2.46. The Kier molecular flexibility index (Phi) is 4.14. The number of methoxy groups -OCH3 is 2. The number of rotatable bonds is 2. The second-order valence-electron chi connectivity index (χ2n) is 8.35. The van der Waals surface area contributed by atoms with E-state index in [1.54, 1.807) is 52.3 Å². The number of carbonyl (C=O) groups excluding carboxylic acids is 1. The van der Waals surface area contributed by atoms with Gasteiger partial charge in [0.1, 0.15) is 41.7 Å². The highest BCUT2D eigenvalue weighted by atomic mass is 18.2. The van der Waals surface area contributed by atoms with Gasteiger partial charge in [-0.1, -0.05) is 0 Å². The third-order valence-corrected chi connectivity index (χ3v) is 6.17. The van der Waals surface area contributed by atoms with Crippen molar-refractivity contribution < 1.29 is 32.9 Å². The molecule has 0 spiro atoms. The molecular formula is C23H23FO6. The Bertz CT molecular complexity index is 1050. The number of fused-ring (bicyclic) bond motifs is 6. The minimum Gasteiger partial charge on any atom is -0.493 e. The van der Waals surface area contributed by atoms with E-state index in [-0.39, 0.29) is 18.8 Å². The third kappa shape index (κ3) is 2.64. The maximum atomic E-state index is 14.7. The molecule has 0 radical (unpaired) electrons. The summed E-state index contributed by atoms with van der Waals surface area (Å²) < 4.78 is 43.4. The molecule has 3 aliphatic rings. The van der Waals surface area contributed by atoms with Crippen LogP contribution in [0.25, 0.3) is 0 Å². The van der Waals surface area contributed by atoms with Gasteiger partial charge in [-0.2, -0.15) is 0 Å². The summed E-state index contributed by atoms with van der Waals surface area (Å²) in [7, 11) is 3.09. The molecule has 0 saturated heterocycles. The summed E-state index contributed by atoms with van der Waals surface area (Å²) in [5.41, 5.74) is 0.806. The molecule has 3 atom stereocenters. The van der Waals surface area contributed by atoms with Crippen LogP contribution in [0.3, 0.4) is 0 Å². The number of hydrogen-bond acceptors (Lipinski definition) is 6. The molecule has 3 heterocycles. The second kappa shape index (κ2) is 6.52. The van der Waals surface area contributed by atoms with Gasteiger partial charge in [-0.3, -0.25) is 4.79 Å². The topological polar surface area (TPSA) is 63.2 Å². The van der Waals surface area contributed by atoms with E-state index in [9.17, 15) is 9.18 Å². The Morgan fingerprint density at radius 2 is 1.83 bits per heavy atom. The van der Waals surface area contributed by atoms with Crippen LogP contribution in [0.15, 0.2) is 24.3 Å². The summed E-state index contributed by atoms with van der Waals surface area (Å²) in [4.78, 5) is 13.5. The molecular weight excluding hydrogens is 390 g/mol. The minimum absolute atomic E-state index is 0.0824. The lowest BCUT2D eigenvalue weighted by Gasteiger charge is -2.41. The van der Waals surface area contributed by atoms with E-state index in [0.29, 0.717) is 45.4 Å². The Balaban J connectivity index is 1.60. The van der Waals surface area contributed by atoms with Crippen molar-refractivity contribution >= 4 is 5.78 Å². The fourth-order valence-electron chi connectivity index (χ4n) is 4.44. The molecule has 0 fully saturated rings. The van der Waals surface area contributed by atoms with Gasteiger partial charge in [0.2, 0.25) is 0 Å². The Morgan fingerprint density at radius 3 is 2.57 bits per heavy atom. The van der Waals surface area contributed by atoms with Gasteiger partial charge in [0.05, 0.1) is 25.7 Å². The lowest BCUT2D eigenvalue weighted by atomic mass is 9.80. The zero-order valence-electron chi connectivity index (χ0n) is 17.3. The standard InChI is InChI=1S/C23H23FO6/c1-23(2)19(24)8-13-14(30-23)6-5-11-21(25)20-12-7-16(26-3)17(27-4)9-15(12)28-10-18(20)29-22(11)13/h5-7,9,18-20H,8,10H2,1-4H3/t18-,19?,20+/m1/s1/i24-1. The average molecular weight is 413 g/mol. The quantitative estimate of drug-likeness (QED) is 0.745. The molecule has 158 valence electrons. The van der Waals surface area contributed by atoms with Gasteiger partial charge in [-0.25, -0.2) is 4.39 Å². The summed E-state index contributed by atoms with van der Waals surface area (Å²) >= 11 is 0. The zero-order valence-corrected chi connectivity index (χ0v) is 17.3. The van der Waals surface area contributed by atoms with Gasteiger partial charge < -0.3 is 23.7 Å². The summed E-state index contributed by atoms with van der Waals surface area (Å²) in [6, 6.07) is 6.93. The normalized spacial score (nSPS) is 25.4. The Morgan fingerprint density at radius 1 is 1.10 bits per heavy atom. The van der Waals surface area contributed by atoms with Crippen LogP contribution in [0, 0.1) is 0 Å². The van der Waals surface area contributed by atoms with Crippen LogP contribution in [0.4, 0.5) is 4.39 Å². The molecule has 0 amide bonds. The molecule has 5 rings (SSSR count). The number of halogens is 1. The van der Waals surface area contributed by atoms with E-state index in [2.05, 4.69) is 0 Å². The first-order chi connectivity index (χ1) is 14.3. The highest BCUT2D eigenvalue weighted by Crippen LogP contribution is 2.50. The highest BCUT2D eigenvalue weighted by molar-refractivity contribution is 6.06. The molecule has 0 bridgehead atoms. The molecule has 0 N–H and O–H groups in total. The van der Waals surface area contributed by atoms with Gasteiger partial charge in [0, 0.05) is 23.6 Å². The molecule has 7 heteroatoms. The molecule has 1 unspecified atom stereocenters. The van der Waals surface area contributed by atoms with Crippen LogP contribution in [0.5, 0.6) is 28.7 Å². The molecule has 6 nitrogen and oxygen atoms in total. The van der Waals surface area contributed by atoms with E-state index in [1.807, 2.05) is 0 Å². The SMILES string of the molecule is COc1cc2c(cc1OC)[C@@H]1C(=O)c3ccc4c(c3O[C@@H]1CO2)CC([18F])C(C)(C)O4. The largest absolute Gasteiger partial charge is 0.493 e. The number of Topliss-reactive ketones (excluding diaryl/α,β-unsaturated/α-hetero) is 1. The van der Waals surface area contributed by atoms with Gasteiger partial charge in [0.25, 0.3) is 0 Å². The van der Waals surface area contributed by atoms with Gasteiger partial charge >= 0.3 is 0 Å². The van der Waals surface area contributed by atoms with Crippen molar-refractivity contribution in [2.75, 3.05) is 20.8 Å². The minimum atomic E-state index is -1.20. The van der Waals surface area contributed by atoms with E-state index >= 15 is 0 Å². The number of hydrogen-bond donors (Lipinski definition) is 0. The van der Waals surface area contributed by atoms with Crippen LogP contribution in [0.2, 0.25) is 0 Å². The van der Waals surface area contributed by atoms with E-state index < -0.39 is 23.8 Å². The first-order valence-corrected chi connectivity index (χ1v) is 9.92. The van der Waals surface area contributed by atoms with Crippen molar-refractivity contribution in [1.29, 1.82) is 0 Å². The molecule has 0 aromatic heterocycles. The van der Waals surface area contributed by atoms with Crippen LogP contribution in [-0.2, 0) is 6.42 Å². The van der Waals surface area contributed by atoms with Crippen LogP contribution >= 0.6 is 0 Å². The molecule has 0 saturated carbocycles. The van der Waals surface area contributed by atoms with Gasteiger partial charge in [-0.05, 0) is 32.0 Å². The fraction of sp³-hybridized carbons (Fsp3) is 0.435. The van der Waals surface area contributed by atoms with Crippen molar-refractivity contribution in [3.63, 3.8) is 0 Å². The third-order valence-electron chi connectivity index (χ3n) is 6.17. The predicted molar refractivity (Wildman–Crippen MR) is 106 cm³/mol. The summed E-state index contributed by atoms with van der Waals surface area (Å²) in [5.74, 6) is 1.96. The predicted octanol–water partition coefficient (Wildman–Crippen LogP) is 3.88. The van der Waals surface area contributed by atoms with Gasteiger partial charge in [-0.15, -0.1) is 0 Å². The maximum Gasteiger partial charge on any atom is 0.178 e.